The van der Waals surface area contributed by atoms with Gasteiger partial charge in [0.05, 0.1) is 5.07 Å². The van der Waals surface area contributed by atoms with Crippen LogP contribution in [0.5, 0.6) is 0 Å². The van der Waals surface area contributed by atoms with Gasteiger partial charge in [0, 0.05) is 5.54 Å². The molecule has 5 heteroatoms. The van der Waals surface area contributed by atoms with Crippen molar-refractivity contribution in [3.8, 4) is 0 Å². The molecule has 0 bridgehead atoms. The number of alkyl halides is 1. The van der Waals surface area contributed by atoms with Gasteiger partial charge >= 0.3 is 0 Å². The van der Waals surface area contributed by atoms with Crippen molar-refractivity contribution in [2.45, 2.75) is 26.3 Å². The van der Waals surface area contributed by atoms with Gasteiger partial charge in [-0.2, -0.15) is 0 Å². The predicted molar refractivity (Wildman–Crippen MR) is 50.1 cm³/mol. The molecule has 0 aromatic rings. The molecule has 0 rings (SSSR count). The van der Waals surface area contributed by atoms with E-state index >= 15 is 0 Å². The van der Waals surface area contributed by atoms with E-state index in [0.29, 0.717) is 5.07 Å². The van der Waals surface area contributed by atoms with Gasteiger partial charge in [-0.3, -0.25) is 4.57 Å². The first kappa shape index (κ1) is 11.0. The van der Waals surface area contributed by atoms with Crippen molar-refractivity contribution in [3.63, 3.8) is 0 Å². The molecule has 1 atom stereocenters. The number of halogens is 2. The van der Waals surface area contributed by atoms with Crippen molar-refractivity contribution in [3.05, 3.63) is 0 Å². The molecule has 0 radical (unpaired) electrons. The van der Waals surface area contributed by atoms with Crippen LogP contribution >= 0.6 is 33.8 Å². The van der Waals surface area contributed by atoms with Crippen LogP contribution in [0.15, 0.2) is 0 Å². The zero-order valence-corrected chi connectivity index (χ0v) is 9.55. The Hall–Kier alpha value is 0.960. The third-order valence-electron chi connectivity index (χ3n) is 0.656. The van der Waals surface area contributed by atoms with Gasteiger partial charge in [-0.05, 0) is 32.0 Å². The Kier molecular flexibility index (Phi) is 3.92. The lowest BCUT2D eigenvalue weighted by Gasteiger charge is -2.23. The minimum absolute atomic E-state index is 0.189. The summed E-state index contributed by atoms with van der Waals surface area (Å²) in [6.07, 6.45) is 0. The fraction of sp³-hybridized carbons (Fsp3) is 1.00. The van der Waals surface area contributed by atoms with Gasteiger partial charge in [0.2, 0.25) is 6.65 Å². The average Bonchev–Trinajstić information content (AvgIpc) is 1.60. The first-order valence-corrected chi connectivity index (χ1v) is 6.83. The monoisotopic (exact) mass is 247 g/mol. The molecule has 0 aliphatic rings. The van der Waals surface area contributed by atoms with Crippen molar-refractivity contribution in [1.29, 1.82) is 0 Å². The second-order valence-electron chi connectivity index (χ2n) is 3.13. The Morgan fingerprint density at radius 1 is 1.60 bits per heavy atom. The quantitative estimate of drug-likeness (QED) is 0.601. The smallest absolute Gasteiger partial charge is 0.242 e. The SMILES string of the molecule is CC(C)(C)NP(=O)(Cl)CBr. The van der Waals surface area contributed by atoms with Crippen LogP contribution in [0, 0.1) is 0 Å². The van der Waals surface area contributed by atoms with E-state index in [2.05, 4.69) is 21.0 Å². The zero-order valence-electron chi connectivity index (χ0n) is 6.32. The molecule has 0 aromatic carbocycles. The summed E-state index contributed by atoms with van der Waals surface area (Å²) in [5, 5.41) is 3.12. The fourth-order valence-electron chi connectivity index (χ4n) is 0.531. The van der Waals surface area contributed by atoms with E-state index in [-0.39, 0.29) is 5.54 Å². The Morgan fingerprint density at radius 3 is 2.10 bits per heavy atom. The molecule has 10 heavy (non-hydrogen) atoms. The maximum atomic E-state index is 11.2. The molecule has 0 aromatic heterocycles. The van der Waals surface area contributed by atoms with Crippen molar-refractivity contribution < 1.29 is 4.57 Å². The lowest BCUT2D eigenvalue weighted by atomic mass is 10.1. The third-order valence-corrected chi connectivity index (χ3v) is 5.57. The highest BCUT2D eigenvalue weighted by molar-refractivity contribution is 9.10. The molecule has 62 valence electrons. The molecule has 1 unspecified atom stereocenters. The molecule has 0 saturated heterocycles. The van der Waals surface area contributed by atoms with Crippen LogP contribution in [0.3, 0.4) is 0 Å². The molecular formula is C5H12BrClNOP. The van der Waals surface area contributed by atoms with Gasteiger partial charge in [-0.15, -0.1) is 0 Å². The third kappa shape index (κ3) is 5.72. The summed E-state index contributed by atoms with van der Waals surface area (Å²) in [5.41, 5.74) is -0.189. The summed E-state index contributed by atoms with van der Waals surface area (Å²) in [7, 11) is 0. The second kappa shape index (κ2) is 3.57. The molecule has 0 saturated carbocycles. The van der Waals surface area contributed by atoms with E-state index in [4.69, 9.17) is 11.2 Å². The van der Waals surface area contributed by atoms with Crippen LogP contribution in [0.4, 0.5) is 0 Å². The maximum Gasteiger partial charge on any atom is 0.242 e. The zero-order chi connectivity index (χ0) is 8.41. The first-order valence-electron chi connectivity index (χ1n) is 2.91. The van der Waals surface area contributed by atoms with Gasteiger partial charge in [-0.1, -0.05) is 15.9 Å². The lowest BCUT2D eigenvalue weighted by Crippen LogP contribution is -2.31. The minimum atomic E-state index is -2.66. The van der Waals surface area contributed by atoms with Crippen molar-refractivity contribution in [2.24, 2.45) is 0 Å². The lowest BCUT2D eigenvalue weighted by molar-refractivity contribution is 0.499. The van der Waals surface area contributed by atoms with E-state index in [0.717, 1.165) is 0 Å². The van der Waals surface area contributed by atoms with Gasteiger partial charge < -0.3 is 0 Å². The Morgan fingerprint density at radius 2 is 2.00 bits per heavy atom. The molecule has 2 nitrogen and oxygen atoms in total. The number of rotatable bonds is 2. The Labute approximate surface area is 75.1 Å². The first-order chi connectivity index (χ1) is 4.27. The van der Waals surface area contributed by atoms with Crippen LogP contribution in [0.1, 0.15) is 20.8 Å². The summed E-state index contributed by atoms with van der Waals surface area (Å²) in [5.74, 6) is 0. The van der Waals surface area contributed by atoms with Gasteiger partial charge in [0.15, 0.2) is 0 Å². The summed E-state index contributed by atoms with van der Waals surface area (Å²) < 4.78 is 11.2. The van der Waals surface area contributed by atoms with E-state index in [1.165, 1.54) is 0 Å². The van der Waals surface area contributed by atoms with E-state index in [1.54, 1.807) is 0 Å². The molecule has 0 fully saturated rings. The van der Waals surface area contributed by atoms with E-state index in [1.807, 2.05) is 20.8 Å². The Balaban J connectivity index is 4.03. The van der Waals surface area contributed by atoms with Crippen LogP contribution < -0.4 is 5.09 Å². The number of nitrogens with one attached hydrogen (secondary N) is 1. The summed E-state index contributed by atoms with van der Waals surface area (Å²) in [6.45, 7) is 3.11. The highest BCUT2D eigenvalue weighted by atomic mass is 79.9. The number of hydrogen-bond acceptors (Lipinski definition) is 1. The van der Waals surface area contributed by atoms with Crippen LogP contribution in [0.2, 0.25) is 0 Å². The Bertz CT molecular complexity index is 156. The second-order valence-corrected chi connectivity index (χ2v) is 8.04. The largest absolute Gasteiger partial charge is 0.288 e. The predicted octanol–water partition coefficient (Wildman–Crippen LogP) is 3.16. The fourth-order valence-corrected chi connectivity index (χ4v) is 2.73. The van der Waals surface area contributed by atoms with Crippen LogP contribution in [-0.2, 0) is 4.57 Å². The standard InChI is InChI=1S/C5H12BrClNOP/c1-5(2,3)8-10(7,9)4-6/h4H2,1-3H3,(H,8,9). The molecule has 0 amide bonds. The van der Waals surface area contributed by atoms with Crippen molar-refractivity contribution >= 4 is 33.8 Å². The van der Waals surface area contributed by atoms with E-state index < -0.39 is 6.65 Å². The average molecular weight is 248 g/mol. The summed E-state index contributed by atoms with van der Waals surface area (Å²) >= 11 is 8.67. The maximum absolute atomic E-state index is 11.2. The highest BCUT2D eigenvalue weighted by Crippen LogP contribution is 2.49. The molecule has 1 N–H and O–H groups in total. The molecule has 0 spiro atoms. The van der Waals surface area contributed by atoms with Gasteiger partial charge in [0.25, 0.3) is 0 Å². The molecule has 0 aliphatic heterocycles. The summed E-state index contributed by atoms with van der Waals surface area (Å²) in [6, 6.07) is 0. The van der Waals surface area contributed by atoms with Crippen LogP contribution in [0.25, 0.3) is 0 Å². The summed E-state index contributed by atoms with van der Waals surface area (Å²) in [4.78, 5) is 0. The van der Waals surface area contributed by atoms with Crippen molar-refractivity contribution in [2.75, 3.05) is 5.07 Å². The molecule has 0 aliphatic carbocycles. The normalized spacial score (nSPS) is 18.5. The van der Waals surface area contributed by atoms with E-state index in [9.17, 15) is 4.57 Å². The van der Waals surface area contributed by atoms with Gasteiger partial charge in [-0.25, -0.2) is 5.09 Å². The molecular weight excluding hydrogens is 236 g/mol. The van der Waals surface area contributed by atoms with Crippen molar-refractivity contribution in [1.82, 2.24) is 5.09 Å². The van der Waals surface area contributed by atoms with Gasteiger partial charge in [0.1, 0.15) is 0 Å². The topological polar surface area (TPSA) is 29.1 Å². The molecule has 0 heterocycles. The van der Waals surface area contributed by atoms with Crippen LogP contribution in [-0.4, -0.2) is 10.6 Å². The highest BCUT2D eigenvalue weighted by Gasteiger charge is 2.23. The number of hydrogen-bond donors (Lipinski definition) is 1. The minimum Gasteiger partial charge on any atom is -0.288 e.